The highest BCUT2D eigenvalue weighted by molar-refractivity contribution is 6.29. The summed E-state index contributed by atoms with van der Waals surface area (Å²) in [6.45, 7) is 2.19. The van der Waals surface area contributed by atoms with E-state index in [1.807, 2.05) is 18.2 Å². The first kappa shape index (κ1) is 13.3. The van der Waals surface area contributed by atoms with E-state index in [1.165, 1.54) is 0 Å². The molecule has 5 heteroatoms. The smallest absolute Gasteiger partial charge is 0.251 e. The Hall–Kier alpha value is -1.65. The van der Waals surface area contributed by atoms with Gasteiger partial charge in [-0.2, -0.15) is 0 Å². The van der Waals surface area contributed by atoms with Crippen LogP contribution < -0.4 is 5.32 Å². The van der Waals surface area contributed by atoms with E-state index < -0.39 is 0 Å². The van der Waals surface area contributed by atoms with E-state index in [-0.39, 0.29) is 5.91 Å². The predicted molar refractivity (Wildman–Crippen MR) is 78.0 cm³/mol. The Kier molecular flexibility index (Phi) is 3.85. The van der Waals surface area contributed by atoms with E-state index in [9.17, 15) is 4.79 Å². The van der Waals surface area contributed by atoms with Gasteiger partial charge in [-0.25, -0.2) is 4.98 Å². The van der Waals surface area contributed by atoms with Crippen molar-refractivity contribution in [1.29, 1.82) is 0 Å². The molecule has 0 radical (unpaired) electrons. The molecule has 1 amide bonds. The topological polar surface area (TPSA) is 51.2 Å². The van der Waals surface area contributed by atoms with Gasteiger partial charge < -0.3 is 10.1 Å². The molecule has 3 rings (SSSR count). The Morgan fingerprint density at radius 2 is 2.30 bits per heavy atom. The van der Waals surface area contributed by atoms with Gasteiger partial charge in [0.25, 0.3) is 5.91 Å². The maximum atomic E-state index is 12.1. The Morgan fingerprint density at radius 3 is 3.10 bits per heavy atom. The zero-order valence-electron chi connectivity index (χ0n) is 10.9. The van der Waals surface area contributed by atoms with E-state index in [4.69, 9.17) is 16.3 Å². The van der Waals surface area contributed by atoms with Gasteiger partial charge in [0, 0.05) is 30.0 Å². The molecule has 104 valence electrons. The molecule has 0 spiro atoms. The normalized spacial score (nSPS) is 18.4. The van der Waals surface area contributed by atoms with Crippen LogP contribution in [0.4, 0.5) is 0 Å². The number of ether oxygens (including phenoxy) is 1. The number of aromatic nitrogens is 1. The van der Waals surface area contributed by atoms with Crippen LogP contribution in [0.2, 0.25) is 5.15 Å². The fourth-order valence-electron chi connectivity index (χ4n) is 2.33. The van der Waals surface area contributed by atoms with Gasteiger partial charge >= 0.3 is 0 Å². The molecule has 2 heterocycles. The summed E-state index contributed by atoms with van der Waals surface area (Å²) in [5.74, 6) is 0.369. The molecule has 0 aliphatic carbocycles. The van der Waals surface area contributed by atoms with Crippen molar-refractivity contribution in [3.8, 4) is 0 Å². The van der Waals surface area contributed by atoms with E-state index in [1.54, 1.807) is 12.1 Å². The second-order valence-corrected chi connectivity index (χ2v) is 5.37. The van der Waals surface area contributed by atoms with Crippen LogP contribution in [0.15, 0.2) is 30.3 Å². The first-order valence-electron chi connectivity index (χ1n) is 6.64. The van der Waals surface area contributed by atoms with Crippen LogP contribution in [0.5, 0.6) is 0 Å². The maximum Gasteiger partial charge on any atom is 0.251 e. The van der Waals surface area contributed by atoms with Crippen LogP contribution in [-0.4, -0.2) is 30.6 Å². The number of amides is 1. The summed E-state index contributed by atoms with van der Waals surface area (Å²) in [6.07, 6.45) is 1.01. The lowest BCUT2D eigenvalue weighted by atomic mass is 10.1. The van der Waals surface area contributed by atoms with Crippen LogP contribution >= 0.6 is 11.6 Å². The number of carbonyl (C=O) groups is 1. The number of hydrogen-bond acceptors (Lipinski definition) is 3. The number of pyridine rings is 1. The molecule has 1 unspecified atom stereocenters. The highest BCUT2D eigenvalue weighted by atomic mass is 35.5. The van der Waals surface area contributed by atoms with Gasteiger partial charge in [0.15, 0.2) is 0 Å². The second kappa shape index (κ2) is 5.77. The third kappa shape index (κ3) is 2.92. The van der Waals surface area contributed by atoms with Crippen LogP contribution in [0, 0.1) is 5.92 Å². The molecule has 0 saturated carbocycles. The summed E-state index contributed by atoms with van der Waals surface area (Å²) >= 11 is 5.84. The van der Waals surface area contributed by atoms with Crippen molar-refractivity contribution in [2.45, 2.75) is 6.42 Å². The van der Waals surface area contributed by atoms with Gasteiger partial charge in [-0.05, 0) is 36.8 Å². The minimum Gasteiger partial charge on any atom is -0.381 e. The van der Waals surface area contributed by atoms with Crippen LogP contribution in [-0.2, 0) is 4.74 Å². The van der Waals surface area contributed by atoms with Crippen molar-refractivity contribution in [3.63, 3.8) is 0 Å². The summed E-state index contributed by atoms with van der Waals surface area (Å²) in [5.41, 5.74) is 1.43. The highest BCUT2D eigenvalue weighted by Crippen LogP contribution is 2.17. The van der Waals surface area contributed by atoms with E-state index >= 15 is 0 Å². The number of rotatable bonds is 3. The standard InChI is InChI=1S/C15H15ClN2O2/c16-14-4-2-11-7-12(1-3-13(11)18-14)15(19)17-8-10-5-6-20-9-10/h1-4,7,10H,5-6,8-9H2,(H,17,19). The Bertz CT molecular complexity index is 639. The number of nitrogens with one attached hydrogen (secondary N) is 1. The number of hydrogen-bond donors (Lipinski definition) is 1. The highest BCUT2D eigenvalue weighted by Gasteiger charge is 2.16. The van der Waals surface area contributed by atoms with Gasteiger partial charge in [0.1, 0.15) is 5.15 Å². The maximum absolute atomic E-state index is 12.1. The fraction of sp³-hybridized carbons (Fsp3) is 0.333. The fourth-order valence-corrected chi connectivity index (χ4v) is 2.48. The quantitative estimate of drug-likeness (QED) is 0.884. The number of benzene rings is 1. The van der Waals surface area contributed by atoms with Gasteiger partial charge in [0.2, 0.25) is 0 Å². The average molecular weight is 291 g/mol. The summed E-state index contributed by atoms with van der Waals surface area (Å²) in [7, 11) is 0. The molecular weight excluding hydrogens is 276 g/mol. The Morgan fingerprint density at radius 1 is 1.40 bits per heavy atom. The zero-order chi connectivity index (χ0) is 13.9. The van der Waals surface area contributed by atoms with Gasteiger partial charge in [-0.3, -0.25) is 4.79 Å². The molecule has 1 atom stereocenters. The van der Waals surface area contributed by atoms with E-state index in [2.05, 4.69) is 10.3 Å². The summed E-state index contributed by atoms with van der Waals surface area (Å²) in [6, 6.07) is 9.01. The summed E-state index contributed by atoms with van der Waals surface area (Å²) < 4.78 is 5.29. The van der Waals surface area contributed by atoms with Crippen LogP contribution in [0.3, 0.4) is 0 Å². The number of halogens is 1. The lowest BCUT2D eigenvalue weighted by Gasteiger charge is -2.10. The molecule has 1 aliphatic rings. The first-order chi connectivity index (χ1) is 9.72. The SMILES string of the molecule is O=C(NCC1CCOC1)c1ccc2nc(Cl)ccc2c1. The number of carbonyl (C=O) groups excluding carboxylic acids is 1. The monoisotopic (exact) mass is 290 g/mol. The van der Waals surface area contributed by atoms with Crippen molar-refractivity contribution in [2.24, 2.45) is 5.92 Å². The average Bonchev–Trinajstić information content (AvgIpc) is 2.97. The van der Waals surface area contributed by atoms with Gasteiger partial charge in [0.05, 0.1) is 12.1 Å². The third-order valence-corrected chi connectivity index (χ3v) is 3.70. The lowest BCUT2D eigenvalue weighted by molar-refractivity contribution is 0.0945. The first-order valence-corrected chi connectivity index (χ1v) is 7.02. The number of nitrogens with zero attached hydrogens (tertiary/aromatic N) is 1. The molecule has 2 aromatic rings. The van der Waals surface area contributed by atoms with Crippen LogP contribution in [0.1, 0.15) is 16.8 Å². The van der Waals surface area contributed by atoms with Crippen molar-refractivity contribution in [3.05, 3.63) is 41.0 Å². The minimum atomic E-state index is -0.0613. The molecule has 1 saturated heterocycles. The zero-order valence-corrected chi connectivity index (χ0v) is 11.7. The van der Waals surface area contributed by atoms with Crippen molar-refractivity contribution < 1.29 is 9.53 Å². The molecule has 4 nitrogen and oxygen atoms in total. The molecular formula is C15H15ClN2O2. The van der Waals surface area contributed by atoms with Crippen molar-refractivity contribution in [2.75, 3.05) is 19.8 Å². The van der Waals surface area contributed by atoms with Gasteiger partial charge in [-0.1, -0.05) is 11.6 Å². The molecule has 1 aromatic carbocycles. The predicted octanol–water partition coefficient (Wildman–Crippen LogP) is 2.65. The van der Waals surface area contributed by atoms with Crippen molar-refractivity contribution in [1.82, 2.24) is 10.3 Å². The molecule has 1 N–H and O–H groups in total. The van der Waals surface area contributed by atoms with Crippen molar-refractivity contribution >= 4 is 28.4 Å². The molecule has 1 aromatic heterocycles. The van der Waals surface area contributed by atoms with E-state index in [0.717, 1.165) is 30.5 Å². The van der Waals surface area contributed by atoms with E-state index in [0.29, 0.717) is 23.2 Å². The second-order valence-electron chi connectivity index (χ2n) is 4.98. The molecule has 1 fully saturated rings. The minimum absolute atomic E-state index is 0.0613. The molecule has 20 heavy (non-hydrogen) atoms. The largest absolute Gasteiger partial charge is 0.381 e. The summed E-state index contributed by atoms with van der Waals surface area (Å²) in [4.78, 5) is 16.3. The lowest BCUT2D eigenvalue weighted by Crippen LogP contribution is -2.29. The Labute approximate surface area is 122 Å². The van der Waals surface area contributed by atoms with Crippen LogP contribution in [0.25, 0.3) is 10.9 Å². The third-order valence-electron chi connectivity index (χ3n) is 3.49. The summed E-state index contributed by atoms with van der Waals surface area (Å²) in [5, 5.41) is 4.31. The molecule has 0 bridgehead atoms. The van der Waals surface area contributed by atoms with Gasteiger partial charge in [-0.15, -0.1) is 0 Å². The molecule has 1 aliphatic heterocycles. The number of fused-ring (bicyclic) bond motifs is 1. The Balaban J connectivity index is 1.72.